The molecule has 2 heterocycles. The van der Waals surface area contributed by atoms with E-state index in [9.17, 15) is 4.79 Å². The quantitative estimate of drug-likeness (QED) is 0.643. The molecule has 0 bridgehead atoms. The SMILES string of the molecule is Cc1cccc(CC(=O)NCCNc2cc(-n3cccc3)nc(C)n2)c1. The molecule has 2 aromatic heterocycles. The van der Waals surface area contributed by atoms with Crippen molar-refractivity contribution in [3.8, 4) is 5.82 Å². The van der Waals surface area contributed by atoms with Gasteiger partial charge in [-0.15, -0.1) is 0 Å². The number of nitrogens with one attached hydrogen (secondary N) is 2. The van der Waals surface area contributed by atoms with E-state index in [1.54, 1.807) is 0 Å². The Morgan fingerprint density at radius 3 is 2.62 bits per heavy atom. The molecule has 26 heavy (non-hydrogen) atoms. The lowest BCUT2D eigenvalue weighted by Crippen LogP contribution is -2.30. The molecular weight excluding hydrogens is 326 g/mol. The van der Waals surface area contributed by atoms with Gasteiger partial charge >= 0.3 is 0 Å². The first-order chi connectivity index (χ1) is 12.6. The van der Waals surface area contributed by atoms with Crippen molar-refractivity contribution in [3.63, 3.8) is 0 Å². The van der Waals surface area contributed by atoms with Gasteiger partial charge in [-0.05, 0) is 31.5 Å². The van der Waals surface area contributed by atoms with Gasteiger partial charge in [-0.1, -0.05) is 29.8 Å². The second kappa shape index (κ2) is 8.29. The second-order valence-electron chi connectivity index (χ2n) is 6.19. The van der Waals surface area contributed by atoms with E-state index in [1.165, 1.54) is 0 Å². The van der Waals surface area contributed by atoms with Gasteiger partial charge in [0.1, 0.15) is 17.5 Å². The lowest BCUT2D eigenvalue weighted by Gasteiger charge is -2.10. The van der Waals surface area contributed by atoms with E-state index >= 15 is 0 Å². The van der Waals surface area contributed by atoms with E-state index in [4.69, 9.17) is 0 Å². The first kappa shape index (κ1) is 17.7. The molecule has 1 amide bonds. The minimum absolute atomic E-state index is 0.0179. The zero-order valence-corrected chi connectivity index (χ0v) is 15.1. The normalized spacial score (nSPS) is 10.5. The average molecular weight is 349 g/mol. The van der Waals surface area contributed by atoms with E-state index in [0.717, 1.165) is 22.8 Å². The maximum Gasteiger partial charge on any atom is 0.224 e. The molecule has 0 saturated heterocycles. The summed E-state index contributed by atoms with van der Waals surface area (Å²) in [5.41, 5.74) is 2.19. The Morgan fingerprint density at radius 2 is 1.85 bits per heavy atom. The van der Waals surface area contributed by atoms with Crippen LogP contribution in [0.4, 0.5) is 5.82 Å². The van der Waals surface area contributed by atoms with Gasteiger partial charge in [0.2, 0.25) is 5.91 Å². The first-order valence-corrected chi connectivity index (χ1v) is 8.65. The Labute approximate surface area is 153 Å². The van der Waals surface area contributed by atoms with Crippen molar-refractivity contribution in [2.75, 3.05) is 18.4 Å². The fourth-order valence-corrected chi connectivity index (χ4v) is 2.72. The van der Waals surface area contributed by atoms with E-state index in [0.29, 0.717) is 25.3 Å². The molecule has 0 saturated carbocycles. The fraction of sp³-hybridized carbons (Fsp3) is 0.250. The maximum absolute atomic E-state index is 12.0. The number of carbonyl (C=O) groups is 1. The summed E-state index contributed by atoms with van der Waals surface area (Å²) in [7, 11) is 0. The predicted molar refractivity (Wildman–Crippen MR) is 102 cm³/mol. The molecular formula is C20H23N5O. The second-order valence-corrected chi connectivity index (χ2v) is 6.19. The minimum Gasteiger partial charge on any atom is -0.368 e. The van der Waals surface area contributed by atoms with Crippen LogP contribution in [0, 0.1) is 13.8 Å². The van der Waals surface area contributed by atoms with Gasteiger partial charge in [-0.25, -0.2) is 9.97 Å². The molecule has 0 unspecified atom stereocenters. The Morgan fingerprint density at radius 1 is 1.04 bits per heavy atom. The maximum atomic E-state index is 12.0. The zero-order chi connectivity index (χ0) is 18.4. The van der Waals surface area contributed by atoms with Crippen molar-refractivity contribution >= 4 is 11.7 Å². The van der Waals surface area contributed by atoms with Crippen LogP contribution in [0.15, 0.2) is 54.9 Å². The van der Waals surface area contributed by atoms with E-state index in [2.05, 4.69) is 20.6 Å². The molecule has 0 atom stereocenters. The Hall–Kier alpha value is -3.15. The molecule has 134 valence electrons. The lowest BCUT2D eigenvalue weighted by molar-refractivity contribution is -0.120. The van der Waals surface area contributed by atoms with Crippen LogP contribution < -0.4 is 10.6 Å². The summed E-state index contributed by atoms with van der Waals surface area (Å²) >= 11 is 0. The zero-order valence-electron chi connectivity index (χ0n) is 15.1. The van der Waals surface area contributed by atoms with Crippen molar-refractivity contribution < 1.29 is 4.79 Å². The van der Waals surface area contributed by atoms with Crippen LogP contribution in [-0.4, -0.2) is 33.5 Å². The number of benzene rings is 1. The van der Waals surface area contributed by atoms with Gasteiger partial charge < -0.3 is 15.2 Å². The van der Waals surface area contributed by atoms with Crippen molar-refractivity contribution in [1.29, 1.82) is 0 Å². The van der Waals surface area contributed by atoms with Gasteiger partial charge in [-0.3, -0.25) is 4.79 Å². The Balaban J connectivity index is 1.48. The smallest absolute Gasteiger partial charge is 0.224 e. The third-order valence-corrected chi connectivity index (χ3v) is 3.89. The number of hydrogen-bond acceptors (Lipinski definition) is 4. The van der Waals surface area contributed by atoms with Gasteiger partial charge in [-0.2, -0.15) is 0 Å². The number of hydrogen-bond donors (Lipinski definition) is 2. The highest BCUT2D eigenvalue weighted by Crippen LogP contribution is 2.11. The standard InChI is InChI=1S/C20H23N5O/c1-15-6-5-7-17(12-15)13-20(26)22-9-8-21-18-14-19(24-16(2)23-18)25-10-3-4-11-25/h3-7,10-12,14H,8-9,13H2,1-2H3,(H,22,26)(H,21,23,24). The highest BCUT2D eigenvalue weighted by Gasteiger charge is 2.05. The lowest BCUT2D eigenvalue weighted by atomic mass is 10.1. The first-order valence-electron chi connectivity index (χ1n) is 8.65. The topological polar surface area (TPSA) is 71.8 Å². The Bertz CT molecular complexity index is 874. The van der Waals surface area contributed by atoms with Crippen LogP contribution >= 0.6 is 0 Å². The number of anilines is 1. The number of aryl methyl sites for hydroxylation is 2. The van der Waals surface area contributed by atoms with Gasteiger partial charge in [0.15, 0.2) is 0 Å². The summed E-state index contributed by atoms with van der Waals surface area (Å²) in [6, 6.07) is 13.8. The molecule has 1 aromatic carbocycles. The van der Waals surface area contributed by atoms with Crippen molar-refractivity contribution in [1.82, 2.24) is 19.9 Å². The number of carbonyl (C=O) groups excluding carboxylic acids is 1. The third-order valence-electron chi connectivity index (χ3n) is 3.89. The van der Waals surface area contributed by atoms with Crippen LogP contribution in [0.3, 0.4) is 0 Å². The summed E-state index contributed by atoms with van der Waals surface area (Å²) in [5, 5.41) is 6.16. The average Bonchev–Trinajstić information content (AvgIpc) is 3.13. The van der Waals surface area contributed by atoms with Crippen molar-refractivity contribution in [3.05, 3.63) is 71.8 Å². The number of aromatic nitrogens is 3. The number of amides is 1. The van der Waals surface area contributed by atoms with Gasteiger partial charge in [0.25, 0.3) is 0 Å². The monoisotopic (exact) mass is 349 g/mol. The van der Waals surface area contributed by atoms with E-state index < -0.39 is 0 Å². The third kappa shape index (κ3) is 4.92. The number of nitrogens with zero attached hydrogens (tertiary/aromatic N) is 3. The largest absolute Gasteiger partial charge is 0.368 e. The van der Waals surface area contributed by atoms with E-state index in [1.807, 2.05) is 73.3 Å². The molecule has 2 N–H and O–H groups in total. The van der Waals surface area contributed by atoms with Crippen molar-refractivity contribution in [2.45, 2.75) is 20.3 Å². The van der Waals surface area contributed by atoms with Gasteiger partial charge in [0.05, 0.1) is 6.42 Å². The summed E-state index contributed by atoms with van der Waals surface area (Å²) in [5.74, 6) is 2.27. The van der Waals surface area contributed by atoms with Crippen LogP contribution in [0.1, 0.15) is 17.0 Å². The summed E-state index contributed by atoms with van der Waals surface area (Å²) in [4.78, 5) is 20.8. The molecule has 0 aliphatic carbocycles. The Kier molecular flexibility index (Phi) is 5.63. The molecule has 0 aliphatic rings. The molecule has 6 nitrogen and oxygen atoms in total. The summed E-state index contributed by atoms with van der Waals surface area (Å²) in [6.45, 7) is 5.02. The molecule has 6 heteroatoms. The fourth-order valence-electron chi connectivity index (χ4n) is 2.72. The van der Waals surface area contributed by atoms with Crippen LogP contribution in [0.5, 0.6) is 0 Å². The predicted octanol–water partition coefficient (Wildman–Crippen LogP) is 2.65. The van der Waals surface area contributed by atoms with E-state index in [-0.39, 0.29) is 5.91 Å². The minimum atomic E-state index is 0.0179. The van der Waals surface area contributed by atoms with Gasteiger partial charge in [0, 0.05) is 31.5 Å². The molecule has 0 radical (unpaired) electrons. The molecule has 3 rings (SSSR count). The summed E-state index contributed by atoms with van der Waals surface area (Å²) < 4.78 is 1.93. The molecule has 0 fully saturated rings. The summed E-state index contributed by atoms with van der Waals surface area (Å²) in [6.07, 6.45) is 4.28. The highest BCUT2D eigenvalue weighted by molar-refractivity contribution is 5.78. The number of rotatable bonds is 7. The molecule has 3 aromatic rings. The van der Waals surface area contributed by atoms with Crippen molar-refractivity contribution in [2.24, 2.45) is 0 Å². The van der Waals surface area contributed by atoms with Crippen LogP contribution in [0.25, 0.3) is 5.82 Å². The van der Waals surface area contributed by atoms with Crippen LogP contribution in [0.2, 0.25) is 0 Å². The highest BCUT2D eigenvalue weighted by atomic mass is 16.1. The molecule has 0 spiro atoms. The molecule has 0 aliphatic heterocycles. The van der Waals surface area contributed by atoms with Crippen LogP contribution in [-0.2, 0) is 11.2 Å².